The molecule has 80 valence electrons. The summed E-state index contributed by atoms with van der Waals surface area (Å²) in [7, 11) is 0. The zero-order chi connectivity index (χ0) is 10.8. The third-order valence-corrected chi connectivity index (χ3v) is 2.27. The van der Waals surface area contributed by atoms with Gasteiger partial charge in [0.05, 0.1) is 11.9 Å². The largest absolute Gasteiger partial charge is 0.464 e. The zero-order valence-electron chi connectivity index (χ0n) is 9.04. The molecule has 0 aromatic carbocycles. The molecule has 1 aromatic heterocycles. The van der Waals surface area contributed by atoms with Crippen molar-refractivity contribution in [2.45, 2.75) is 38.6 Å². The van der Waals surface area contributed by atoms with E-state index in [1.54, 1.807) is 0 Å². The molecule has 0 atom stereocenters. The number of alkyl halides is 1. The van der Waals surface area contributed by atoms with Crippen LogP contribution in [0.2, 0.25) is 0 Å². The Labute approximate surface area is 92.8 Å². The van der Waals surface area contributed by atoms with Crippen LogP contribution in [0.25, 0.3) is 0 Å². The fourth-order valence-electron chi connectivity index (χ4n) is 1.28. The molecule has 1 aromatic rings. The molecule has 0 saturated carbocycles. The molecule has 4 nitrogen and oxygen atoms in total. The molecule has 0 unspecified atom stereocenters. The van der Waals surface area contributed by atoms with Gasteiger partial charge in [-0.1, -0.05) is 21.0 Å². The van der Waals surface area contributed by atoms with Gasteiger partial charge in [-0.15, -0.1) is 5.10 Å². The van der Waals surface area contributed by atoms with E-state index >= 15 is 0 Å². The first-order valence-corrected chi connectivity index (χ1v) is 5.76. The highest BCUT2D eigenvalue weighted by Crippen LogP contribution is 2.24. The van der Waals surface area contributed by atoms with E-state index in [1.165, 1.54) is 0 Å². The number of rotatable bonds is 3. The van der Waals surface area contributed by atoms with Gasteiger partial charge in [-0.05, 0) is 27.7 Å². The van der Waals surface area contributed by atoms with E-state index in [4.69, 9.17) is 4.74 Å². The lowest BCUT2D eigenvalue weighted by Crippen LogP contribution is -2.24. The van der Waals surface area contributed by atoms with E-state index in [2.05, 4.69) is 46.9 Å². The Hall–Kier alpha value is -0.580. The summed E-state index contributed by atoms with van der Waals surface area (Å²) >= 11 is 3.39. The molecule has 5 heteroatoms. The smallest absolute Gasteiger partial charge is 0.317 e. The first-order valence-electron chi connectivity index (χ1n) is 4.64. The fraction of sp³-hybridized carbons (Fsp3) is 0.778. The van der Waals surface area contributed by atoms with Crippen molar-refractivity contribution in [2.24, 2.45) is 0 Å². The average molecular weight is 262 g/mol. The monoisotopic (exact) mass is 261 g/mol. The van der Waals surface area contributed by atoms with Crippen LogP contribution in [0.3, 0.4) is 0 Å². The predicted molar refractivity (Wildman–Crippen MR) is 58.8 cm³/mol. The lowest BCUT2D eigenvalue weighted by molar-refractivity contribution is 0.258. The lowest BCUT2D eigenvalue weighted by atomic mass is 10.1. The second-order valence-corrected chi connectivity index (χ2v) is 4.53. The normalized spacial score (nSPS) is 11.8. The van der Waals surface area contributed by atoms with Gasteiger partial charge in [0.25, 0.3) is 0 Å². The van der Waals surface area contributed by atoms with E-state index in [9.17, 15) is 0 Å². The highest BCUT2D eigenvalue weighted by Gasteiger charge is 2.23. The van der Waals surface area contributed by atoms with Gasteiger partial charge in [0.1, 0.15) is 5.82 Å². The number of hydrogen-bond donors (Lipinski definition) is 0. The molecule has 0 amide bonds. The third-order valence-electron chi connectivity index (χ3n) is 1.76. The van der Waals surface area contributed by atoms with Crippen molar-refractivity contribution < 1.29 is 4.74 Å². The molecule has 0 N–H and O–H groups in total. The maximum absolute atomic E-state index is 5.41. The summed E-state index contributed by atoms with van der Waals surface area (Å²) in [5.74, 6) is 0.890. The Morgan fingerprint density at radius 3 is 2.43 bits per heavy atom. The Kier molecular flexibility index (Phi) is 3.53. The summed E-state index contributed by atoms with van der Waals surface area (Å²) in [5.41, 5.74) is -0.0584. The summed E-state index contributed by atoms with van der Waals surface area (Å²) < 4.78 is 7.42. The van der Waals surface area contributed by atoms with Crippen molar-refractivity contribution in [3.63, 3.8) is 0 Å². The molecule has 0 aliphatic rings. The van der Waals surface area contributed by atoms with Gasteiger partial charge in [-0.3, -0.25) is 4.57 Å². The van der Waals surface area contributed by atoms with Crippen molar-refractivity contribution in [3.05, 3.63) is 5.82 Å². The Morgan fingerprint density at radius 2 is 2.00 bits per heavy atom. The SMILES string of the molecule is CCOc1nnc(CBr)n1C(C)(C)C. The van der Waals surface area contributed by atoms with Crippen molar-refractivity contribution in [2.75, 3.05) is 6.61 Å². The minimum absolute atomic E-state index is 0.0584. The molecule has 1 rings (SSSR count). The summed E-state index contributed by atoms with van der Waals surface area (Å²) in [5, 5.41) is 8.75. The Bertz CT molecular complexity index is 303. The number of aromatic nitrogens is 3. The van der Waals surface area contributed by atoms with Gasteiger partial charge in [-0.25, -0.2) is 0 Å². The van der Waals surface area contributed by atoms with Gasteiger partial charge in [0, 0.05) is 5.54 Å². The minimum atomic E-state index is -0.0584. The maximum atomic E-state index is 5.41. The number of hydrogen-bond acceptors (Lipinski definition) is 3. The molecule has 0 aliphatic carbocycles. The van der Waals surface area contributed by atoms with Gasteiger partial charge < -0.3 is 4.74 Å². The second kappa shape index (κ2) is 4.29. The number of halogens is 1. The molecule has 0 radical (unpaired) electrons. The van der Waals surface area contributed by atoms with E-state index in [0.717, 1.165) is 5.82 Å². The van der Waals surface area contributed by atoms with Gasteiger partial charge in [-0.2, -0.15) is 0 Å². The Morgan fingerprint density at radius 1 is 1.36 bits per heavy atom. The van der Waals surface area contributed by atoms with Crippen molar-refractivity contribution in [1.82, 2.24) is 14.8 Å². The van der Waals surface area contributed by atoms with Crippen molar-refractivity contribution in [3.8, 4) is 6.01 Å². The number of nitrogens with zero attached hydrogens (tertiary/aromatic N) is 3. The van der Waals surface area contributed by atoms with E-state index in [0.29, 0.717) is 17.9 Å². The van der Waals surface area contributed by atoms with Crippen LogP contribution >= 0.6 is 15.9 Å². The van der Waals surface area contributed by atoms with Gasteiger partial charge in [0.15, 0.2) is 0 Å². The third kappa shape index (κ3) is 2.26. The molecular weight excluding hydrogens is 246 g/mol. The lowest BCUT2D eigenvalue weighted by Gasteiger charge is -2.23. The van der Waals surface area contributed by atoms with E-state index in [-0.39, 0.29) is 5.54 Å². The van der Waals surface area contributed by atoms with Crippen LogP contribution in [0.4, 0.5) is 0 Å². The van der Waals surface area contributed by atoms with E-state index < -0.39 is 0 Å². The molecular formula is C9H16BrN3O. The van der Waals surface area contributed by atoms with Crippen LogP contribution in [-0.2, 0) is 10.9 Å². The molecule has 0 fully saturated rings. The first kappa shape index (κ1) is 11.5. The minimum Gasteiger partial charge on any atom is -0.464 e. The summed E-state index contributed by atoms with van der Waals surface area (Å²) in [6, 6.07) is 0.592. The predicted octanol–water partition coefficient (Wildman–Crippen LogP) is 2.33. The van der Waals surface area contributed by atoms with Crippen LogP contribution in [-0.4, -0.2) is 21.4 Å². The molecule has 0 spiro atoms. The number of ether oxygens (including phenoxy) is 1. The van der Waals surface area contributed by atoms with Crippen molar-refractivity contribution >= 4 is 15.9 Å². The first-order chi connectivity index (χ1) is 6.50. The van der Waals surface area contributed by atoms with Crippen LogP contribution in [0.15, 0.2) is 0 Å². The highest BCUT2D eigenvalue weighted by molar-refractivity contribution is 9.08. The Balaban J connectivity index is 3.13. The molecule has 0 bridgehead atoms. The van der Waals surface area contributed by atoms with Gasteiger partial charge in [0.2, 0.25) is 0 Å². The fourth-order valence-corrected chi connectivity index (χ4v) is 1.65. The van der Waals surface area contributed by atoms with Crippen LogP contribution in [0.5, 0.6) is 6.01 Å². The molecule has 0 saturated heterocycles. The standard InChI is InChI=1S/C9H16BrN3O/c1-5-14-8-12-11-7(6-10)13(8)9(2,3)4/h5-6H2,1-4H3. The second-order valence-electron chi connectivity index (χ2n) is 3.97. The van der Waals surface area contributed by atoms with Crippen LogP contribution in [0, 0.1) is 0 Å². The molecule has 1 heterocycles. The summed E-state index contributed by atoms with van der Waals surface area (Å²) in [6.45, 7) is 8.85. The molecule has 14 heavy (non-hydrogen) atoms. The zero-order valence-corrected chi connectivity index (χ0v) is 10.6. The maximum Gasteiger partial charge on any atom is 0.317 e. The van der Waals surface area contributed by atoms with Crippen LogP contribution < -0.4 is 4.74 Å². The summed E-state index contributed by atoms with van der Waals surface area (Å²) in [6.07, 6.45) is 0. The van der Waals surface area contributed by atoms with Crippen molar-refractivity contribution in [1.29, 1.82) is 0 Å². The molecule has 0 aliphatic heterocycles. The quantitative estimate of drug-likeness (QED) is 0.785. The summed E-state index contributed by atoms with van der Waals surface area (Å²) in [4.78, 5) is 0. The topological polar surface area (TPSA) is 39.9 Å². The average Bonchev–Trinajstić information content (AvgIpc) is 2.47. The highest BCUT2D eigenvalue weighted by atomic mass is 79.9. The van der Waals surface area contributed by atoms with Gasteiger partial charge >= 0.3 is 6.01 Å². The van der Waals surface area contributed by atoms with E-state index in [1.807, 2.05) is 11.5 Å². The van der Waals surface area contributed by atoms with Crippen LogP contribution in [0.1, 0.15) is 33.5 Å².